The van der Waals surface area contributed by atoms with Gasteiger partial charge < -0.3 is 14.6 Å². The van der Waals surface area contributed by atoms with Crippen molar-refractivity contribution in [1.82, 2.24) is 4.90 Å². The third-order valence-electron chi connectivity index (χ3n) is 3.46. The quantitative estimate of drug-likeness (QED) is 0.786. The Balaban J connectivity index is 2.77. The zero-order chi connectivity index (χ0) is 14.3. The van der Waals surface area contributed by atoms with Crippen molar-refractivity contribution < 1.29 is 14.6 Å². The molecule has 1 rings (SSSR count). The van der Waals surface area contributed by atoms with Crippen molar-refractivity contribution in [2.45, 2.75) is 32.9 Å². The number of nitrogens with zero attached hydrogens (tertiary/aromatic N) is 1. The van der Waals surface area contributed by atoms with Gasteiger partial charge in [-0.1, -0.05) is 13.0 Å². The standard InChI is InChI=1S/C15H25NO3/c1-5-12(2)16(8-9-18-3)11-13-6-7-14(19-4)10-15(13)17/h6-7,10,12,17H,5,8-9,11H2,1-4H3. The molecule has 1 aromatic rings. The van der Waals surface area contributed by atoms with Gasteiger partial charge >= 0.3 is 0 Å². The fourth-order valence-electron chi connectivity index (χ4n) is 1.95. The number of methoxy groups -OCH3 is 2. The highest BCUT2D eigenvalue weighted by molar-refractivity contribution is 5.39. The van der Waals surface area contributed by atoms with Crippen LogP contribution < -0.4 is 4.74 Å². The summed E-state index contributed by atoms with van der Waals surface area (Å²) in [5.41, 5.74) is 0.914. The van der Waals surface area contributed by atoms with Crippen LogP contribution in [0.1, 0.15) is 25.8 Å². The van der Waals surface area contributed by atoms with Gasteiger partial charge in [0, 0.05) is 37.9 Å². The van der Waals surface area contributed by atoms with Crippen LogP contribution in [0.3, 0.4) is 0 Å². The minimum Gasteiger partial charge on any atom is -0.507 e. The second kappa shape index (κ2) is 8.02. The first kappa shape index (κ1) is 15.8. The van der Waals surface area contributed by atoms with Crippen molar-refractivity contribution in [3.63, 3.8) is 0 Å². The summed E-state index contributed by atoms with van der Waals surface area (Å²) in [5.74, 6) is 0.957. The lowest BCUT2D eigenvalue weighted by Gasteiger charge is -2.28. The van der Waals surface area contributed by atoms with Gasteiger partial charge in [-0.15, -0.1) is 0 Å². The predicted octanol–water partition coefficient (Wildman–Crippen LogP) is 2.65. The first-order valence-electron chi connectivity index (χ1n) is 6.71. The second-order valence-electron chi connectivity index (χ2n) is 4.72. The largest absolute Gasteiger partial charge is 0.507 e. The smallest absolute Gasteiger partial charge is 0.123 e. The maximum atomic E-state index is 10.0. The molecule has 108 valence electrons. The van der Waals surface area contributed by atoms with Crippen molar-refractivity contribution in [2.75, 3.05) is 27.4 Å². The number of phenolic OH excluding ortho intramolecular Hbond substituents is 1. The first-order valence-corrected chi connectivity index (χ1v) is 6.71. The van der Waals surface area contributed by atoms with Crippen molar-refractivity contribution in [1.29, 1.82) is 0 Å². The molecule has 0 aliphatic rings. The zero-order valence-electron chi connectivity index (χ0n) is 12.3. The highest BCUT2D eigenvalue weighted by atomic mass is 16.5. The van der Waals surface area contributed by atoms with Gasteiger partial charge in [0.05, 0.1) is 13.7 Å². The monoisotopic (exact) mass is 267 g/mol. The Kier molecular flexibility index (Phi) is 6.67. The van der Waals surface area contributed by atoms with Gasteiger partial charge in [0.15, 0.2) is 0 Å². The minimum atomic E-state index is 0.282. The second-order valence-corrected chi connectivity index (χ2v) is 4.72. The number of rotatable bonds is 8. The van der Waals surface area contributed by atoms with Crippen LogP contribution in [0.5, 0.6) is 11.5 Å². The Morgan fingerprint density at radius 3 is 2.58 bits per heavy atom. The number of phenols is 1. The molecule has 0 amide bonds. The van der Waals surface area contributed by atoms with Gasteiger partial charge in [-0.05, 0) is 19.4 Å². The van der Waals surface area contributed by atoms with Crippen molar-refractivity contribution in [3.8, 4) is 11.5 Å². The highest BCUT2D eigenvalue weighted by Crippen LogP contribution is 2.25. The van der Waals surface area contributed by atoms with Gasteiger partial charge in [-0.25, -0.2) is 0 Å². The Bertz CT molecular complexity index is 382. The van der Waals surface area contributed by atoms with Crippen molar-refractivity contribution >= 4 is 0 Å². The van der Waals surface area contributed by atoms with E-state index in [2.05, 4.69) is 18.7 Å². The van der Waals surface area contributed by atoms with Crippen LogP contribution in [0.25, 0.3) is 0 Å². The summed E-state index contributed by atoms with van der Waals surface area (Å²) < 4.78 is 10.2. The molecular formula is C15H25NO3. The third kappa shape index (κ3) is 4.73. The van der Waals surface area contributed by atoms with Crippen LogP contribution in [0.15, 0.2) is 18.2 Å². The van der Waals surface area contributed by atoms with E-state index in [1.807, 2.05) is 12.1 Å². The lowest BCUT2D eigenvalue weighted by molar-refractivity contribution is 0.117. The molecule has 0 aliphatic heterocycles. The van der Waals surface area contributed by atoms with Gasteiger partial charge in [-0.2, -0.15) is 0 Å². The molecule has 1 atom stereocenters. The topological polar surface area (TPSA) is 41.9 Å². The Hall–Kier alpha value is -1.26. The number of ether oxygens (including phenoxy) is 2. The Morgan fingerprint density at radius 1 is 1.32 bits per heavy atom. The van der Waals surface area contributed by atoms with Gasteiger partial charge in [-0.3, -0.25) is 4.90 Å². The maximum Gasteiger partial charge on any atom is 0.123 e. The summed E-state index contributed by atoms with van der Waals surface area (Å²) in [6.07, 6.45) is 1.07. The van der Waals surface area contributed by atoms with E-state index in [1.165, 1.54) is 0 Å². The average molecular weight is 267 g/mol. The molecule has 19 heavy (non-hydrogen) atoms. The highest BCUT2D eigenvalue weighted by Gasteiger charge is 2.14. The van der Waals surface area contributed by atoms with E-state index in [9.17, 15) is 5.11 Å². The van der Waals surface area contributed by atoms with Crippen LogP contribution in [0.2, 0.25) is 0 Å². The third-order valence-corrected chi connectivity index (χ3v) is 3.46. The van der Waals surface area contributed by atoms with Gasteiger partial charge in [0.2, 0.25) is 0 Å². The molecule has 0 aromatic heterocycles. The zero-order valence-corrected chi connectivity index (χ0v) is 12.3. The van der Waals surface area contributed by atoms with E-state index in [4.69, 9.17) is 9.47 Å². The normalized spacial score (nSPS) is 12.7. The van der Waals surface area contributed by atoms with Crippen LogP contribution in [0.4, 0.5) is 0 Å². The number of hydrogen-bond donors (Lipinski definition) is 1. The SMILES string of the molecule is CCC(C)N(CCOC)Cc1ccc(OC)cc1O. The molecule has 1 aromatic carbocycles. The molecule has 0 spiro atoms. The molecule has 0 saturated heterocycles. The molecule has 4 heteroatoms. The van der Waals surface area contributed by atoms with Crippen LogP contribution >= 0.6 is 0 Å². The van der Waals surface area contributed by atoms with Gasteiger partial charge in [0.25, 0.3) is 0 Å². The summed E-state index contributed by atoms with van der Waals surface area (Å²) in [7, 11) is 3.30. The Morgan fingerprint density at radius 2 is 2.05 bits per heavy atom. The summed E-state index contributed by atoms with van der Waals surface area (Å²) in [6.45, 7) is 6.63. The summed E-state index contributed by atoms with van der Waals surface area (Å²) in [5, 5.41) is 10.0. The molecular weight excluding hydrogens is 242 g/mol. The van der Waals surface area contributed by atoms with E-state index < -0.39 is 0 Å². The molecule has 0 heterocycles. The lowest BCUT2D eigenvalue weighted by Crippen LogP contribution is -2.34. The predicted molar refractivity (Wildman–Crippen MR) is 76.7 cm³/mol. The van der Waals surface area contributed by atoms with E-state index >= 15 is 0 Å². The molecule has 0 aliphatic carbocycles. The summed E-state index contributed by atoms with van der Waals surface area (Å²) >= 11 is 0. The lowest BCUT2D eigenvalue weighted by atomic mass is 10.1. The number of benzene rings is 1. The average Bonchev–Trinajstić information content (AvgIpc) is 2.43. The minimum absolute atomic E-state index is 0.282. The summed E-state index contributed by atoms with van der Waals surface area (Å²) in [4.78, 5) is 2.31. The molecule has 0 saturated carbocycles. The maximum absolute atomic E-state index is 10.0. The van der Waals surface area contributed by atoms with E-state index in [0.717, 1.165) is 18.5 Å². The van der Waals surface area contributed by atoms with Gasteiger partial charge in [0.1, 0.15) is 11.5 Å². The Labute approximate surface area is 115 Å². The molecule has 1 unspecified atom stereocenters. The van der Waals surface area contributed by atoms with Crippen LogP contribution in [0, 0.1) is 0 Å². The van der Waals surface area contributed by atoms with Crippen LogP contribution in [-0.2, 0) is 11.3 Å². The van der Waals surface area contributed by atoms with Crippen LogP contribution in [-0.4, -0.2) is 43.4 Å². The van der Waals surface area contributed by atoms with Crippen molar-refractivity contribution in [3.05, 3.63) is 23.8 Å². The van der Waals surface area contributed by atoms with Crippen molar-refractivity contribution in [2.24, 2.45) is 0 Å². The summed E-state index contributed by atoms with van der Waals surface area (Å²) in [6, 6.07) is 5.90. The molecule has 1 N–H and O–H groups in total. The fraction of sp³-hybridized carbons (Fsp3) is 0.600. The van der Waals surface area contributed by atoms with E-state index in [1.54, 1.807) is 20.3 Å². The molecule has 0 fully saturated rings. The first-order chi connectivity index (χ1) is 9.12. The fourth-order valence-corrected chi connectivity index (χ4v) is 1.95. The molecule has 0 bridgehead atoms. The number of aromatic hydroxyl groups is 1. The van der Waals surface area contributed by atoms with E-state index in [-0.39, 0.29) is 5.75 Å². The number of hydrogen-bond acceptors (Lipinski definition) is 4. The molecule has 0 radical (unpaired) electrons. The van der Waals surface area contributed by atoms with E-state index in [0.29, 0.717) is 24.9 Å². The molecule has 4 nitrogen and oxygen atoms in total.